The summed E-state index contributed by atoms with van der Waals surface area (Å²) >= 11 is 0. The molecule has 3 rings (SSSR count). The molecule has 0 saturated carbocycles. The van der Waals surface area contributed by atoms with Gasteiger partial charge in [0.15, 0.2) is 11.5 Å². The smallest absolute Gasteiger partial charge is 0.315 e. The van der Waals surface area contributed by atoms with Crippen LogP contribution in [-0.2, 0) is 24.4 Å². The molecule has 25 heavy (non-hydrogen) atoms. The highest BCUT2D eigenvalue weighted by molar-refractivity contribution is 5.73. The topological polar surface area (TPSA) is 68.8 Å². The van der Waals surface area contributed by atoms with Crippen LogP contribution in [-0.4, -0.2) is 19.4 Å². The van der Waals surface area contributed by atoms with Gasteiger partial charge in [0.25, 0.3) is 0 Å². The molecule has 0 unspecified atom stereocenters. The van der Waals surface area contributed by atoms with Crippen LogP contribution >= 0.6 is 0 Å². The first-order valence-corrected chi connectivity index (χ1v) is 8.31. The van der Waals surface area contributed by atoms with E-state index >= 15 is 0 Å². The van der Waals surface area contributed by atoms with Gasteiger partial charge in [-0.25, -0.2) is 4.79 Å². The number of nitrogens with one attached hydrogen (secondary N) is 2. The zero-order valence-electron chi connectivity index (χ0n) is 14.2. The molecule has 1 aliphatic heterocycles. The summed E-state index contributed by atoms with van der Waals surface area (Å²) in [6.45, 7) is 4.29. The van der Waals surface area contributed by atoms with Crippen LogP contribution in [0.1, 0.15) is 23.6 Å². The summed E-state index contributed by atoms with van der Waals surface area (Å²) in [7, 11) is 0. The molecular formula is C19H22N2O4. The fourth-order valence-electron chi connectivity index (χ4n) is 2.55. The maximum Gasteiger partial charge on any atom is 0.315 e. The molecule has 0 bridgehead atoms. The molecule has 0 fully saturated rings. The highest BCUT2D eigenvalue weighted by Crippen LogP contribution is 2.32. The van der Waals surface area contributed by atoms with Gasteiger partial charge in [0.05, 0.1) is 6.61 Å². The van der Waals surface area contributed by atoms with Crippen molar-refractivity contribution < 1.29 is 19.0 Å². The standard InChI is InChI=1S/C19H22N2O4/c1-2-23-12-16-6-4-3-5-15(16)11-21-19(22)20-10-14-7-8-17-18(9-14)25-13-24-17/h3-9H,2,10-13H2,1H3,(H2,20,21,22). The van der Waals surface area contributed by atoms with Gasteiger partial charge in [-0.05, 0) is 35.7 Å². The number of benzene rings is 2. The fourth-order valence-corrected chi connectivity index (χ4v) is 2.55. The van der Waals surface area contributed by atoms with Crippen LogP contribution in [0.25, 0.3) is 0 Å². The van der Waals surface area contributed by atoms with Crippen molar-refractivity contribution in [3.05, 3.63) is 59.2 Å². The van der Waals surface area contributed by atoms with Gasteiger partial charge in [-0.3, -0.25) is 0 Å². The average Bonchev–Trinajstić information content (AvgIpc) is 3.11. The quantitative estimate of drug-likeness (QED) is 0.812. The van der Waals surface area contributed by atoms with E-state index in [0.717, 1.165) is 22.4 Å². The second-order valence-electron chi connectivity index (χ2n) is 5.63. The maximum atomic E-state index is 12.0. The molecule has 1 aliphatic rings. The summed E-state index contributed by atoms with van der Waals surface area (Å²) in [5, 5.41) is 5.72. The number of carbonyl (C=O) groups excluding carboxylic acids is 1. The van der Waals surface area contributed by atoms with Crippen LogP contribution in [0.15, 0.2) is 42.5 Å². The van der Waals surface area contributed by atoms with Crippen LogP contribution in [0.3, 0.4) is 0 Å². The maximum absolute atomic E-state index is 12.0. The van der Waals surface area contributed by atoms with Gasteiger partial charge in [-0.1, -0.05) is 30.3 Å². The van der Waals surface area contributed by atoms with Gasteiger partial charge in [0.1, 0.15) is 0 Å². The van der Waals surface area contributed by atoms with Crippen molar-refractivity contribution in [1.82, 2.24) is 10.6 Å². The molecule has 6 nitrogen and oxygen atoms in total. The third-order valence-electron chi connectivity index (χ3n) is 3.91. The van der Waals surface area contributed by atoms with E-state index in [1.165, 1.54) is 0 Å². The third kappa shape index (κ3) is 4.64. The van der Waals surface area contributed by atoms with E-state index in [0.29, 0.717) is 32.1 Å². The minimum Gasteiger partial charge on any atom is -0.454 e. The van der Waals surface area contributed by atoms with Gasteiger partial charge >= 0.3 is 6.03 Å². The van der Waals surface area contributed by atoms with Crippen LogP contribution in [0, 0.1) is 0 Å². The highest BCUT2D eigenvalue weighted by Gasteiger charge is 2.13. The first-order chi connectivity index (χ1) is 12.3. The van der Waals surface area contributed by atoms with Gasteiger partial charge < -0.3 is 24.8 Å². The lowest BCUT2D eigenvalue weighted by Crippen LogP contribution is -2.34. The minimum absolute atomic E-state index is 0.219. The Balaban J connectivity index is 1.48. The van der Waals surface area contributed by atoms with Crippen LogP contribution in [0.2, 0.25) is 0 Å². The Morgan fingerprint density at radius 1 is 1.04 bits per heavy atom. The van der Waals surface area contributed by atoms with Crippen molar-refractivity contribution in [2.24, 2.45) is 0 Å². The van der Waals surface area contributed by atoms with Crippen molar-refractivity contribution in [2.75, 3.05) is 13.4 Å². The summed E-state index contributed by atoms with van der Waals surface area (Å²) < 4.78 is 16.1. The summed E-state index contributed by atoms with van der Waals surface area (Å²) in [5.74, 6) is 1.45. The Hall–Kier alpha value is -2.73. The van der Waals surface area contributed by atoms with E-state index in [-0.39, 0.29) is 12.8 Å². The van der Waals surface area contributed by atoms with E-state index in [1.807, 2.05) is 49.4 Å². The van der Waals surface area contributed by atoms with Gasteiger partial charge in [-0.2, -0.15) is 0 Å². The number of hydrogen-bond donors (Lipinski definition) is 2. The summed E-state index contributed by atoms with van der Waals surface area (Å²) in [6.07, 6.45) is 0. The molecule has 0 aliphatic carbocycles. The lowest BCUT2D eigenvalue weighted by molar-refractivity contribution is 0.133. The Kier molecular flexibility index (Phi) is 5.74. The molecule has 6 heteroatoms. The van der Waals surface area contributed by atoms with Crippen molar-refractivity contribution in [2.45, 2.75) is 26.6 Å². The van der Waals surface area contributed by atoms with Gasteiger partial charge in [0.2, 0.25) is 6.79 Å². The SMILES string of the molecule is CCOCc1ccccc1CNC(=O)NCc1ccc2c(c1)OCO2. The molecular weight excluding hydrogens is 320 g/mol. The normalized spacial score (nSPS) is 12.0. The number of hydrogen-bond acceptors (Lipinski definition) is 4. The second kappa shape index (κ2) is 8.39. The number of urea groups is 1. The number of fused-ring (bicyclic) bond motifs is 1. The first kappa shape index (κ1) is 17.1. The summed E-state index contributed by atoms with van der Waals surface area (Å²) in [4.78, 5) is 12.0. The van der Waals surface area contributed by atoms with Crippen LogP contribution in [0.4, 0.5) is 4.79 Å². The van der Waals surface area contributed by atoms with Crippen molar-refractivity contribution in [3.63, 3.8) is 0 Å². The largest absolute Gasteiger partial charge is 0.454 e. The molecule has 2 N–H and O–H groups in total. The molecule has 0 aromatic heterocycles. The number of ether oxygens (including phenoxy) is 3. The van der Waals surface area contributed by atoms with Crippen LogP contribution in [0.5, 0.6) is 11.5 Å². The van der Waals surface area contributed by atoms with E-state index < -0.39 is 0 Å². The van der Waals surface area contributed by atoms with Crippen molar-refractivity contribution >= 4 is 6.03 Å². The van der Waals surface area contributed by atoms with Gasteiger partial charge in [0, 0.05) is 19.7 Å². The van der Waals surface area contributed by atoms with Gasteiger partial charge in [-0.15, -0.1) is 0 Å². The molecule has 2 aromatic rings. The third-order valence-corrected chi connectivity index (χ3v) is 3.91. The molecule has 1 heterocycles. The fraction of sp³-hybridized carbons (Fsp3) is 0.316. The van der Waals surface area contributed by atoms with E-state index in [1.54, 1.807) is 0 Å². The minimum atomic E-state index is -0.219. The molecule has 2 amide bonds. The number of carbonyl (C=O) groups is 1. The Morgan fingerprint density at radius 3 is 2.64 bits per heavy atom. The molecule has 0 atom stereocenters. The molecule has 0 radical (unpaired) electrons. The summed E-state index contributed by atoms with van der Waals surface area (Å²) in [6, 6.07) is 13.3. The lowest BCUT2D eigenvalue weighted by Gasteiger charge is -2.12. The predicted molar refractivity (Wildman–Crippen MR) is 93.4 cm³/mol. The van der Waals surface area contributed by atoms with E-state index in [4.69, 9.17) is 14.2 Å². The highest BCUT2D eigenvalue weighted by atomic mass is 16.7. The Labute approximate surface area is 147 Å². The molecule has 0 saturated heterocycles. The van der Waals surface area contributed by atoms with Crippen LogP contribution < -0.4 is 20.1 Å². The molecule has 0 spiro atoms. The average molecular weight is 342 g/mol. The number of amides is 2. The molecule has 132 valence electrons. The Morgan fingerprint density at radius 2 is 1.80 bits per heavy atom. The number of rotatable bonds is 7. The van der Waals surface area contributed by atoms with Crippen molar-refractivity contribution in [1.29, 1.82) is 0 Å². The second-order valence-corrected chi connectivity index (χ2v) is 5.63. The zero-order valence-corrected chi connectivity index (χ0v) is 14.2. The first-order valence-electron chi connectivity index (χ1n) is 8.31. The van der Waals surface area contributed by atoms with E-state index in [9.17, 15) is 4.79 Å². The Bertz CT molecular complexity index is 733. The van der Waals surface area contributed by atoms with E-state index in [2.05, 4.69) is 10.6 Å². The lowest BCUT2D eigenvalue weighted by atomic mass is 10.1. The molecule has 2 aromatic carbocycles. The monoisotopic (exact) mass is 342 g/mol. The van der Waals surface area contributed by atoms with Crippen molar-refractivity contribution in [3.8, 4) is 11.5 Å². The zero-order chi connectivity index (χ0) is 17.5. The summed E-state index contributed by atoms with van der Waals surface area (Å²) in [5.41, 5.74) is 3.09. The predicted octanol–water partition coefficient (Wildman–Crippen LogP) is 2.95.